The molecule has 0 aliphatic heterocycles. The molecule has 3 rings (SSSR count). The van der Waals surface area contributed by atoms with Gasteiger partial charge in [0, 0.05) is 17.6 Å². The SMILES string of the molecule is OCCC(Nc1nc(-c2ccccc2)cs1)c1ccco1. The molecule has 0 amide bonds. The van der Waals surface area contributed by atoms with Crippen LogP contribution in [0.1, 0.15) is 18.2 Å². The summed E-state index contributed by atoms with van der Waals surface area (Å²) < 4.78 is 5.42. The van der Waals surface area contributed by atoms with Crippen molar-refractivity contribution in [2.45, 2.75) is 12.5 Å². The van der Waals surface area contributed by atoms with Crippen LogP contribution in [0.3, 0.4) is 0 Å². The third-order valence-corrected chi connectivity index (χ3v) is 3.95. The third kappa shape index (κ3) is 3.32. The number of aliphatic hydroxyl groups excluding tert-OH is 1. The Labute approximate surface area is 127 Å². The van der Waals surface area contributed by atoms with Gasteiger partial charge >= 0.3 is 0 Å². The van der Waals surface area contributed by atoms with E-state index < -0.39 is 0 Å². The van der Waals surface area contributed by atoms with Crippen molar-refractivity contribution < 1.29 is 9.52 Å². The van der Waals surface area contributed by atoms with Crippen molar-refractivity contribution in [3.63, 3.8) is 0 Å². The molecule has 4 nitrogen and oxygen atoms in total. The number of hydrogen-bond donors (Lipinski definition) is 2. The number of nitrogens with one attached hydrogen (secondary N) is 1. The highest BCUT2D eigenvalue weighted by molar-refractivity contribution is 7.14. The summed E-state index contributed by atoms with van der Waals surface area (Å²) in [5, 5.41) is 15.4. The lowest BCUT2D eigenvalue weighted by atomic mass is 10.1. The minimum Gasteiger partial charge on any atom is -0.467 e. The van der Waals surface area contributed by atoms with E-state index in [0.717, 1.165) is 22.1 Å². The molecule has 0 radical (unpaired) electrons. The van der Waals surface area contributed by atoms with Crippen LogP contribution in [-0.2, 0) is 0 Å². The van der Waals surface area contributed by atoms with Crippen LogP contribution in [0, 0.1) is 0 Å². The fourth-order valence-electron chi connectivity index (χ4n) is 2.13. The molecule has 3 aromatic rings. The molecule has 0 aliphatic carbocycles. The maximum absolute atomic E-state index is 9.20. The second kappa shape index (κ2) is 6.56. The number of furan rings is 1. The van der Waals surface area contributed by atoms with E-state index in [-0.39, 0.29) is 12.6 Å². The quantitative estimate of drug-likeness (QED) is 0.724. The van der Waals surface area contributed by atoms with Crippen molar-refractivity contribution in [1.82, 2.24) is 4.98 Å². The van der Waals surface area contributed by atoms with Gasteiger partial charge in [0.1, 0.15) is 5.76 Å². The summed E-state index contributed by atoms with van der Waals surface area (Å²) in [6.07, 6.45) is 2.21. The fraction of sp³-hybridized carbons (Fsp3) is 0.188. The van der Waals surface area contributed by atoms with Crippen LogP contribution in [0.4, 0.5) is 5.13 Å². The van der Waals surface area contributed by atoms with Gasteiger partial charge < -0.3 is 14.8 Å². The zero-order valence-corrected chi connectivity index (χ0v) is 12.2. The van der Waals surface area contributed by atoms with Gasteiger partial charge in [0.15, 0.2) is 5.13 Å². The van der Waals surface area contributed by atoms with E-state index in [4.69, 9.17) is 4.42 Å². The minimum absolute atomic E-state index is 0.0697. The second-order valence-corrected chi connectivity index (χ2v) is 5.49. The Hall–Kier alpha value is -2.11. The van der Waals surface area contributed by atoms with Crippen LogP contribution in [0.2, 0.25) is 0 Å². The molecule has 5 heteroatoms. The first kappa shape index (κ1) is 13.9. The number of aliphatic hydroxyl groups is 1. The number of anilines is 1. The first-order valence-electron chi connectivity index (χ1n) is 6.78. The first-order chi connectivity index (χ1) is 10.4. The van der Waals surface area contributed by atoms with Crippen LogP contribution in [-0.4, -0.2) is 16.7 Å². The molecule has 2 aromatic heterocycles. The van der Waals surface area contributed by atoms with Gasteiger partial charge in [-0.3, -0.25) is 0 Å². The number of benzene rings is 1. The van der Waals surface area contributed by atoms with Crippen molar-refractivity contribution in [1.29, 1.82) is 0 Å². The number of nitrogens with zero attached hydrogens (tertiary/aromatic N) is 1. The Bertz CT molecular complexity index is 665. The lowest BCUT2D eigenvalue weighted by Crippen LogP contribution is -2.11. The highest BCUT2D eigenvalue weighted by atomic mass is 32.1. The van der Waals surface area contributed by atoms with Gasteiger partial charge in [-0.15, -0.1) is 11.3 Å². The molecule has 0 saturated carbocycles. The van der Waals surface area contributed by atoms with E-state index in [9.17, 15) is 5.11 Å². The van der Waals surface area contributed by atoms with Gasteiger partial charge in [0.05, 0.1) is 18.0 Å². The predicted octanol–water partition coefficient (Wildman–Crippen LogP) is 3.94. The topological polar surface area (TPSA) is 58.3 Å². The number of aromatic nitrogens is 1. The van der Waals surface area contributed by atoms with Crippen LogP contribution >= 0.6 is 11.3 Å². The van der Waals surface area contributed by atoms with Crippen molar-refractivity contribution >= 4 is 16.5 Å². The van der Waals surface area contributed by atoms with E-state index in [1.165, 1.54) is 0 Å². The van der Waals surface area contributed by atoms with Gasteiger partial charge in [0.25, 0.3) is 0 Å². The number of thiazole rings is 1. The van der Waals surface area contributed by atoms with Crippen molar-refractivity contribution in [2.75, 3.05) is 11.9 Å². The Morgan fingerprint density at radius 2 is 2.05 bits per heavy atom. The maximum Gasteiger partial charge on any atom is 0.183 e. The summed E-state index contributed by atoms with van der Waals surface area (Å²) in [6, 6.07) is 13.7. The van der Waals surface area contributed by atoms with Crippen molar-refractivity contribution in [2.24, 2.45) is 0 Å². The third-order valence-electron chi connectivity index (χ3n) is 3.18. The molecule has 2 heterocycles. The molecule has 0 spiro atoms. The molecular weight excluding hydrogens is 284 g/mol. The molecule has 21 heavy (non-hydrogen) atoms. The van der Waals surface area contributed by atoms with Gasteiger partial charge in [-0.25, -0.2) is 4.98 Å². The van der Waals surface area contributed by atoms with E-state index in [1.807, 2.05) is 47.8 Å². The first-order valence-corrected chi connectivity index (χ1v) is 7.66. The highest BCUT2D eigenvalue weighted by Gasteiger charge is 2.15. The highest BCUT2D eigenvalue weighted by Crippen LogP contribution is 2.28. The summed E-state index contributed by atoms with van der Waals surface area (Å²) in [4.78, 5) is 4.60. The molecule has 0 fully saturated rings. The standard InChI is InChI=1S/C16H16N2O2S/c19-9-8-13(15-7-4-10-20-15)17-16-18-14(11-21-16)12-5-2-1-3-6-12/h1-7,10-11,13,19H,8-9H2,(H,17,18). The number of rotatable bonds is 6. The summed E-state index contributed by atoms with van der Waals surface area (Å²) in [6.45, 7) is 0.0925. The summed E-state index contributed by atoms with van der Waals surface area (Å²) in [7, 11) is 0. The van der Waals surface area contributed by atoms with Gasteiger partial charge in [0.2, 0.25) is 0 Å². The summed E-state index contributed by atoms with van der Waals surface area (Å²) in [5.41, 5.74) is 2.05. The molecular formula is C16H16N2O2S. The Balaban J connectivity index is 1.77. The Morgan fingerprint density at radius 3 is 2.76 bits per heavy atom. The monoisotopic (exact) mass is 300 g/mol. The van der Waals surface area contributed by atoms with Gasteiger partial charge in [-0.05, 0) is 18.6 Å². The van der Waals surface area contributed by atoms with Gasteiger partial charge in [-0.2, -0.15) is 0 Å². The predicted molar refractivity (Wildman–Crippen MR) is 84.3 cm³/mol. The normalized spacial score (nSPS) is 12.2. The molecule has 1 aromatic carbocycles. The smallest absolute Gasteiger partial charge is 0.183 e. The van der Waals surface area contributed by atoms with Crippen molar-refractivity contribution in [3.05, 3.63) is 59.9 Å². The largest absolute Gasteiger partial charge is 0.467 e. The molecule has 1 unspecified atom stereocenters. The summed E-state index contributed by atoms with van der Waals surface area (Å²) >= 11 is 1.55. The zero-order valence-electron chi connectivity index (χ0n) is 11.4. The lowest BCUT2D eigenvalue weighted by molar-refractivity contribution is 0.273. The molecule has 1 atom stereocenters. The fourth-order valence-corrected chi connectivity index (χ4v) is 2.91. The minimum atomic E-state index is -0.0697. The lowest BCUT2D eigenvalue weighted by Gasteiger charge is -2.14. The maximum atomic E-state index is 9.20. The Morgan fingerprint density at radius 1 is 1.19 bits per heavy atom. The van der Waals surface area contributed by atoms with Crippen LogP contribution in [0.25, 0.3) is 11.3 Å². The average Bonchev–Trinajstić information content (AvgIpc) is 3.19. The van der Waals surface area contributed by atoms with Gasteiger partial charge in [-0.1, -0.05) is 30.3 Å². The van der Waals surface area contributed by atoms with Crippen LogP contribution in [0.15, 0.2) is 58.5 Å². The molecule has 0 bridgehead atoms. The molecule has 108 valence electrons. The molecule has 0 aliphatic rings. The van der Waals surface area contributed by atoms with Crippen LogP contribution < -0.4 is 5.32 Å². The Kier molecular flexibility index (Phi) is 4.33. The zero-order chi connectivity index (χ0) is 14.5. The average molecular weight is 300 g/mol. The van der Waals surface area contributed by atoms with E-state index in [0.29, 0.717) is 6.42 Å². The molecule has 2 N–H and O–H groups in total. The number of hydrogen-bond acceptors (Lipinski definition) is 5. The second-order valence-electron chi connectivity index (χ2n) is 4.63. The van der Waals surface area contributed by atoms with Crippen LogP contribution in [0.5, 0.6) is 0 Å². The van der Waals surface area contributed by atoms with E-state index >= 15 is 0 Å². The van der Waals surface area contributed by atoms with E-state index in [2.05, 4.69) is 10.3 Å². The molecule has 0 saturated heterocycles. The van der Waals surface area contributed by atoms with Crippen molar-refractivity contribution in [3.8, 4) is 11.3 Å². The summed E-state index contributed by atoms with van der Waals surface area (Å²) in [5.74, 6) is 0.806. The van der Waals surface area contributed by atoms with E-state index in [1.54, 1.807) is 17.6 Å².